The Labute approximate surface area is 138 Å². The Morgan fingerprint density at radius 3 is 2.42 bits per heavy atom. The van der Waals surface area contributed by atoms with Crippen LogP contribution in [0.2, 0.25) is 0 Å². The molecule has 0 N–H and O–H groups in total. The van der Waals surface area contributed by atoms with E-state index in [1.165, 1.54) is 0 Å². The van der Waals surface area contributed by atoms with Gasteiger partial charge in [-0.3, -0.25) is 9.36 Å². The lowest BCUT2D eigenvalue weighted by molar-refractivity contribution is 0.414. The van der Waals surface area contributed by atoms with Crippen LogP contribution in [0.3, 0.4) is 0 Å². The average Bonchev–Trinajstić information content (AvgIpc) is 3.08. The van der Waals surface area contributed by atoms with Gasteiger partial charge in [-0.25, -0.2) is 4.98 Å². The van der Waals surface area contributed by atoms with Crippen molar-refractivity contribution in [3.05, 3.63) is 83.5 Å². The average molecular weight is 317 g/mol. The number of hydrogen-bond donors (Lipinski definition) is 0. The lowest BCUT2D eigenvalue weighted by Gasteiger charge is -2.06. The van der Waals surface area contributed by atoms with Crippen LogP contribution in [-0.2, 0) is 0 Å². The molecule has 4 aromatic rings. The minimum atomic E-state index is -0.162. The lowest BCUT2D eigenvalue weighted by Crippen LogP contribution is -2.19. The van der Waals surface area contributed by atoms with Crippen molar-refractivity contribution in [1.82, 2.24) is 14.0 Å². The van der Waals surface area contributed by atoms with Crippen LogP contribution in [0.25, 0.3) is 22.6 Å². The smallest absolute Gasteiger partial charge is 0.298 e. The number of methoxy groups -OCH3 is 1. The molecule has 4 rings (SSSR count). The zero-order chi connectivity index (χ0) is 16.5. The first kappa shape index (κ1) is 14.3. The van der Waals surface area contributed by atoms with Crippen LogP contribution in [-0.4, -0.2) is 21.1 Å². The Hall–Kier alpha value is -3.34. The van der Waals surface area contributed by atoms with Gasteiger partial charge in [0.15, 0.2) is 0 Å². The maximum Gasteiger partial charge on any atom is 0.298 e. The van der Waals surface area contributed by atoms with Gasteiger partial charge in [0, 0.05) is 29.8 Å². The molecule has 0 fully saturated rings. The van der Waals surface area contributed by atoms with Crippen LogP contribution in [0.15, 0.2) is 78.0 Å². The highest BCUT2D eigenvalue weighted by molar-refractivity contribution is 5.62. The Kier molecular flexibility index (Phi) is 3.39. The van der Waals surface area contributed by atoms with E-state index >= 15 is 0 Å². The van der Waals surface area contributed by atoms with E-state index in [0.29, 0.717) is 5.65 Å². The summed E-state index contributed by atoms with van der Waals surface area (Å²) in [6.45, 7) is 0. The highest BCUT2D eigenvalue weighted by Crippen LogP contribution is 2.18. The summed E-state index contributed by atoms with van der Waals surface area (Å²) in [5.41, 5.74) is 2.77. The third kappa shape index (κ3) is 2.36. The van der Waals surface area contributed by atoms with E-state index in [2.05, 4.69) is 4.98 Å². The Balaban J connectivity index is 1.84. The molecule has 0 atom stereocenters. The van der Waals surface area contributed by atoms with E-state index in [1.54, 1.807) is 22.3 Å². The van der Waals surface area contributed by atoms with Gasteiger partial charge in [0.1, 0.15) is 5.75 Å². The van der Waals surface area contributed by atoms with Gasteiger partial charge in [0.25, 0.3) is 5.56 Å². The fourth-order valence-electron chi connectivity index (χ4n) is 2.67. The number of hydrogen-bond acceptors (Lipinski definition) is 3. The number of aromatic nitrogens is 3. The highest BCUT2D eigenvalue weighted by Gasteiger charge is 2.10. The molecule has 0 amide bonds. The zero-order valence-corrected chi connectivity index (χ0v) is 13.1. The molecule has 2 aromatic heterocycles. The van der Waals surface area contributed by atoms with Crippen molar-refractivity contribution < 1.29 is 4.74 Å². The van der Waals surface area contributed by atoms with Crippen LogP contribution in [0.4, 0.5) is 0 Å². The van der Waals surface area contributed by atoms with E-state index in [9.17, 15) is 4.79 Å². The third-order valence-corrected chi connectivity index (χ3v) is 3.94. The molecular formula is C19H15N3O2. The van der Waals surface area contributed by atoms with E-state index in [0.717, 1.165) is 22.7 Å². The Bertz CT molecular complexity index is 1050. The van der Waals surface area contributed by atoms with Crippen LogP contribution in [0.5, 0.6) is 5.75 Å². The number of nitrogens with zero attached hydrogens (tertiary/aromatic N) is 3. The normalized spacial score (nSPS) is 10.9. The summed E-state index contributed by atoms with van der Waals surface area (Å²) in [4.78, 5) is 17.3. The fraction of sp³-hybridized carbons (Fsp3) is 0.0526. The van der Waals surface area contributed by atoms with Crippen molar-refractivity contribution >= 4 is 5.65 Å². The highest BCUT2D eigenvalue weighted by atomic mass is 16.5. The Morgan fingerprint density at radius 1 is 0.958 bits per heavy atom. The monoisotopic (exact) mass is 317 g/mol. The molecule has 0 saturated heterocycles. The first-order valence-electron chi connectivity index (χ1n) is 7.56. The van der Waals surface area contributed by atoms with Gasteiger partial charge in [0.05, 0.1) is 12.8 Å². The topological polar surface area (TPSA) is 48.5 Å². The first-order valence-corrected chi connectivity index (χ1v) is 7.56. The SMILES string of the molecule is COc1ccc(-n2ccn3cc(-c4ccccc4)nc3c2=O)cc1. The van der Waals surface area contributed by atoms with Crippen LogP contribution >= 0.6 is 0 Å². The van der Waals surface area contributed by atoms with E-state index in [-0.39, 0.29) is 5.56 Å². The third-order valence-electron chi connectivity index (χ3n) is 3.94. The van der Waals surface area contributed by atoms with Crippen molar-refractivity contribution in [2.75, 3.05) is 7.11 Å². The summed E-state index contributed by atoms with van der Waals surface area (Å²) in [5.74, 6) is 0.750. The quantitative estimate of drug-likeness (QED) is 0.583. The predicted octanol–water partition coefficient (Wildman–Crippen LogP) is 3.16. The molecule has 0 aliphatic rings. The summed E-state index contributed by atoms with van der Waals surface area (Å²) in [6.07, 6.45) is 5.44. The molecule has 0 unspecified atom stereocenters. The lowest BCUT2D eigenvalue weighted by atomic mass is 10.2. The molecule has 2 heterocycles. The molecule has 0 spiro atoms. The van der Waals surface area contributed by atoms with Crippen molar-refractivity contribution in [2.24, 2.45) is 0 Å². The fourth-order valence-corrected chi connectivity index (χ4v) is 2.67. The largest absolute Gasteiger partial charge is 0.497 e. The molecular weight excluding hydrogens is 302 g/mol. The number of imidazole rings is 1. The maximum absolute atomic E-state index is 12.8. The molecule has 0 aliphatic carbocycles. The molecule has 0 radical (unpaired) electrons. The van der Waals surface area contributed by atoms with Gasteiger partial charge in [-0.2, -0.15) is 0 Å². The number of ether oxygens (including phenoxy) is 1. The number of rotatable bonds is 3. The molecule has 2 aromatic carbocycles. The van der Waals surface area contributed by atoms with Crippen LogP contribution in [0.1, 0.15) is 0 Å². The minimum absolute atomic E-state index is 0.162. The van der Waals surface area contributed by atoms with Gasteiger partial charge in [-0.15, -0.1) is 0 Å². The maximum atomic E-state index is 12.8. The second-order valence-corrected chi connectivity index (χ2v) is 5.39. The van der Waals surface area contributed by atoms with Gasteiger partial charge >= 0.3 is 0 Å². The summed E-state index contributed by atoms with van der Waals surface area (Å²) in [6, 6.07) is 17.2. The van der Waals surface area contributed by atoms with Gasteiger partial charge in [-0.1, -0.05) is 30.3 Å². The molecule has 24 heavy (non-hydrogen) atoms. The van der Waals surface area contributed by atoms with Crippen molar-refractivity contribution in [3.63, 3.8) is 0 Å². The zero-order valence-electron chi connectivity index (χ0n) is 13.1. The molecule has 5 heteroatoms. The van der Waals surface area contributed by atoms with E-state index < -0.39 is 0 Å². The number of benzene rings is 2. The second-order valence-electron chi connectivity index (χ2n) is 5.39. The minimum Gasteiger partial charge on any atom is -0.497 e. The molecule has 5 nitrogen and oxygen atoms in total. The summed E-state index contributed by atoms with van der Waals surface area (Å²) >= 11 is 0. The Morgan fingerprint density at radius 2 is 1.71 bits per heavy atom. The summed E-state index contributed by atoms with van der Waals surface area (Å²) < 4.78 is 8.49. The van der Waals surface area contributed by atoms with E-state index in [1.807, 2.05) is 67.0 Å². The second kappa shape index (κ2) is 5.70. The van der Waals surface area contributed by atoms with Gasteiger partial charge in [0.2, 0.25) is 5.65 Å². The summed E-state index contributed by atoms with van der Waals surface area (Å²) in [7, 11) is 1.61. The van der Waals surface area contributed by atoms with E-state index in [4.69, 9.17) is 4.74 Å². The first-order chi connectivity index (χ1) is 11.8. The molecule has 0 aliphatic heterocycles. The van der Waals surface area contributed by atoms with Gasteiger partial charge < -0.3 is 9.14 Å². The molecule has 0 bridgehead atoms. The van der Waals surface area contributed by atoms with Gasteiger partial charge in [-0.05, 0) is 24.3 Å². The van der Waals surface area contributed by atoms with Crippen LogP contribution < -0.4 is 10.3 Å². The standard InChI is InChI=1S/C19H15N3O2/c1-24-16-9-7-15(8-10-16)22-12-11-21-13-17(20-18(21)19(22)23)14-5-3-2-4-6-14/h2-13H,1H3. The van der Waals surface area contributed by atoms with Crippen molar-refractivity contribution in [2.45, 2.75) is 0 Å². The molecule has 118 valence electrons. The van der Waals surface area contributed by atoms with Crippen molar-refractivity contribution in [1.29, 1.82) is 0 Å². The molecule has 0 saturated carbocycles. The van der Waals surface area contributed by atoms with Crippen LogP contribution in [0, 0.1) is 0 Å². The number of fused-ring (bicyclic) bond motifs is 1. The van der Waals surface area contributed by atoms with Crippen molar-refractivity contribution in [3.8, 4) is 22.7 Å². The summed E-state index contributed by atoms with van der Waals surface area (Å²) in [5, 5.41) is 0. The predicted molar refractivity (Wildman–Crippen MR) is 92.8 cm³/mol.